The molecule has 1 aromatic carbocycles. The van der Waals surface area contributed by atoms with Gasteiger partial charge in [0, 0.05) is 30.6 Å². The van der Waals surface area contributed by atoms with Crippen LogP contribution >= 0.6 is 11.3 Å². The van der Waals surface area contributed by atoms with Crippen molar-refractivity contribution in [3.05, 3.63) is 41.9 Å². The van der Waals surface area contributed by atoms with Crippen molar-refractivity contribution in [3.63, 3.8) is 0 Å². The van der Waals surface area contributed by atoms with Crippen LogP contribution in [0, 0.1) is 11.8 Å². The number of anilines is 1. The van der Waals surface area contributed by atoms with E-state index >= 15 is 0 Å². The van der Waals surface area contributed by atoms with Gasteiger partial charge in [-0.1, -0.05) is 32.0 Å². The van der Waals surface area contributed by atoms with Crippen molar-refractivity contribution in [1.82, 2.24) is 14.6 Å². The van der Waals surface area contributed by atoms with E-state index in [2.05, 4.69) is 15.6 Å². The van der Waals surface area contributed by atoms with E-state index < -0.39 is 16.1 Å². The maximum Gasteiger partial charge on any atom is 0.248 e. The van der Waals surface area contributed by atoms with Crippen LogP contribution in [-0.4, -0.2) is 48.7 Å². The number of rotatable bonds is 8. The first kappa shape index (κ1) is 23.4. The Labute approximate surface area is 187 Å². The van der Waals surface area contributed by atoms with Crippen LogP contribution in [0.1, 0.15) is 33.1 Å². The molecule has 0 spiro atoms. The summed E-state index contributed by atoms with van der Waals surface area (Å²) in [6.45, 7) is 4.52. The quantitative estimate of drug-likeness (QED) is 0.624. The Bertz CT molecular complexity index is 970. The van der Waals surface area contributed by atoms with Crippen LogP contribution in [-0.2, 0) is 19.6 Å². The topological polar surface area (TPSA) is 108 Å². The molecule has 1 aliphatic heterocycles. The molecule has 168 valence electrons. The number of nitrogens with one attached hydrogen (secondary N) is 2. The number of carbonyl (C=O) groups is 2. The van der Waals surface area contributed by atoms with Crippen molar-refractivity contribution in [1.29, 1.82) is 0 Å². The van der Waals surface area contributed by atoms with Gasteiger partial charge in [0.2, 0.25) is 21.8 Å². The zero-order chi connectivity index (χ0) is 22.4. The lowest BCUT2D eigenvalue weighted by Crippen LogP contribution is -2.49. The van der Waals surface area contributed by atoms with Crippen molar-refractivity contribution in [2.24, 2.45) is 11.8 Å². The maximum absolute atomic E-state index is 12.9. The molecule has 2 N–H and O–H groups in total. The van der Waals surface area contributed by atoms with Crippen LogP contribution in [0.5, 0.6) is 0 Å². The molecule has 0 radical (unpaired) electrons. The van der Waals surface area contributed by atoms with Crippen LogP contribution in [0.25, 0.3) is 0 Å². The molecule has 0 saturated carbocycles. The molecule has 1 atom stereocenters. The number of nitrogens with zero attached hydrogens (tertiary/aromatic N) is 2. The van der Waals surface area contributed by atoms with Crippen molar-refractivity contribution in [2.45, 2.75) is 44.0 Å². The third-order valence-electron chi connectivity index (χ3n) is 5.21. The zero-order valence-corrected chi connectivity index (χ0v) is 19.3. The highest BCUT2D eigenvalue weighted by atomic mass is 32.2. The van der Waals surface area contributed by atoms with Crippen molar-refractivity contribution in [2.75, 3.05) is 18.4 Å². The van der Waals surface area contributed by atoms with Crippen molar-refractivity contribution < 1.29 is 18.0 Å². The molecule has 3 rings (SSSR count). The molecule has 31 heavy (non-hydrogen) atoms. The SMILES string of the molecule is CC(C)C[C@@H](NC(=O)C1CCN(S(=O)(=O)c2ccccc2)CC1)C(=O)Nc1nccs1. The van der Waals surface area contributed by atoms with Gasteiger partial charge in [0.15, 0.2) is 5.13 Å². The Morgan fingerprint density at radius 3 is 2.45 bits per heavy atom. The summed E-state index contributed by atoms with van der Waals surface area (Å²) >= 11 is 1.32. The van der Waals surface area contributed by atoms with E-state index in [9.17, 15) is 18.0 Å². The minimum Gasteiger partial charge on any atom is -0.344 e. The van der Waals surface area contributed by atoms with Gasteiger partial charge in [-0.2, -0.15) is 4.31 Å². The molecular formula is C21H28N4O4S2. The average molecular weight is 465 g/mol. The van der Waals surface area contributed by atoms with Crippen LogP contribution in [0.3, 0.4) is 0 Å². The molecular weight excluding hydrogens is 436 g/mol. The van der Waals surface area contributed by atoms with E-state index in [0.717, 1.165) is 0 Å². The maximum atomic E-state index is 12.9. The molecule has 0 bridgehead atoms. The number of benzene rings is 1. The highest BCUT2D eigenvalue weighted by molar-refractivity contribution is 7.89. The molecule has 1 aromatic heterocycles. The molecule has 8 nitrogen and oxygen atoms in total. The first-order valence-electron chi connectivity index (χ1n) is 10.3. The predicted molar refractivity (Wildman–Crippen MR) is 120 cm³/mol. The number of piperidine rings is 1. The first-order valence-corrected chi connectivity index (χ1v) is 12.6. The standard InChI is InChI=1S/C21H28N4O4S2/c1-15(2)14-18(20(27)24-21-22-10-13-30-21)23-19(26)16-8-11-25(12-9-16)31(28,29)17-6-4-3-5-7-17/h3-7,10,13,15-16,18H,8-9,11-12,14H2,1-2H3,(H,23,26)(H,22,24,27)/t18-/m1/s1. The summed E-state index contributed by atoms with van der Waals surface area (Å²) in [5, 5.41) is 7.88. The zero-order valence-electron chi connectivity index (χ0n) is 17.7. The van der Waals surface area contributed by atoms with Gasteiger partial charge in [-0.05, 0) is 37.3 Å². The summed E-state index contributed by atoms with van der Waals surface area (Å²) in [4.78, 5) is 29.8. The number of amides is 2. The minimum atomic E-state index is -3.56. The smallest absolute Gasteiger partial charge is 0.248 e. The van der Waals surface area contributed by atoms with Crippen LogP contribution in [0.15, 0.2) is 46.8 Å². The lowest BCUT2D eigenvalue weighted by Gasteiger charge is -2.31. The second kappa shape index (κ2) is 10.3. The Balaban J connectivity index is 1.59. The molecule has 2 heterocycles. The predicted octanol–water partition coefficient (Wildman–Crippen LogP) is 2.71. The largest absolute Gasteiger partial charge is 0.344 e. The highest BCUT2D eigenvalue weighted by Crippen LogP contribution is 2.24. The average Bonchev–Trinajstić information content (AvgIpc) is 3.26. The van der Waals surface area contributed by atoms with Crippen molar-refractivity contribution in [3.8, 4) is 0 Å². The molecule has 10 heteroatoms. The molecule has 1 aliphatic rings. The Morgan fingerprint density at radius 2 is 1.87 bits per heavy atom. The van der Waals surface area contributed by atoms with E-state index in [1.807, 2.05) is 13.8 Å². The van der Waals surface area contributed by atoms with Gasteiger partial charge >= 0.3 is 0 Å². The fourth-order valence-electron chi connectivity index (χ4n) is 3.57. The van der Waals surface area contributed by atoms with Gasteiger partial charge in [0.25, 0.3) is 0 Å². The Kier molecular flexibility index (Phi) is 7.79. The third-order valence-corrected chi connectivity index (χ3v) is 7.81. The summed E-state index contributed by atoms with van der Waals surface area (Å²) in [5.41, 5.74) is 0. The second-order valence-electron chi connectivity index (χ2n) is 8.01. The fourth-order valence-corrected chi connectivity index (χ4v) is 5.59. The first-order chi connectivity index (χ1) is 14.8. The van der Waals surface area contributed by atoms with Gasteiger partial charge in [-0.3, -0.25) is 9.59 Å². The molecule has 0 aliphatic carbocycles. The number of hydrogen-bond donors (Lipinski definition) is 2. The van der Waals surface area contributed by atoms with Gasteiger partial charge in [-0.15, -0.1) is 11.3 Å². The van der Waals surface area contributed by atoms with Crippen molar-refractivity contribution >= 4 is 38.3 Å². The molecule has 1 fully saturated rings. The van der Waals surface area contributed by atoms with E-state index in [1.54, 1.807) is 41.9 Å². The van der Waals surface area contributed by atoms with Gasteiger partial charge in [0.05, 0.1) is 4.90 Å². The summed E-state index contributed by atoms with van der Waals surface area (Å²) in [6.07, 6.45) is 2.94. The van der Waals surface area contributed by atoms with E-state index in [-0.39, 0.29) is 41.6 Å². The van der Waals surface area contributed by atoms with E-state index in [1.165, 1.54) is 15.6 Å². The minimum absolute atomic E-state index is 0.211. The van der Waals surface area contributed by atoms with Gasteiger partial charge in [-0.25, -0.2) is 13.4 Å². The molecule has 0 unspecified atom stereocenters. The highest BCUT2D eigenvalue weighted by Gasteiger charge is 2.33. The lowest BCUT2D eigenvalue weighted by molar-refractivity contribution is -0.130. The van der Waals surface area contributed by atoms with Crippen LogP contribution < -0.4 is 10.6 Å². The van der Waals surface area contributed by atoms with E-state index in [4.69, 9.17) is 0 Å². The molecule has 2 amide bonds. The normalized spacial score (nSPS) is 16.7. The number of carbonyl (C=O) groups excluding carboxylic acids is 2. The van der Waals surface area contributed by atoms with Crippen LogP contribution in [0.2, 0.25) is 0 Å². The summed E-state index contributed by atoms with van der Waals surface area (Å²) in [6, 6.07) is 7.64. The number of sulfonamides is 1. The lowest BCUT2D eigenvalue weighted by atomic mass is 9.95. The van der Waals surface area contributed by atoms with Gasteiger partial charge in [0.1, 0.15) is 6.04 Å². The number of thiazole rings is 1. The third kappa shape index (κ3) is 6.11. The second-order valence-corrected chi connectivity index (χ2v) is 10.8. The summed E-state index contributed by atoms with van der Waals surface area (Å²) in [7, 11) is -3.56. The van der Waals surface area contributed by atoms with Gasteiger partial charge < -0.3 is 10.6 Å². The van der Waals surface area contributed by atoms with Crippen LogP contribution in [0.4, 0.5) is 5.13 Å². The number of hydrogen-bond acceptors (Lipinski definition) is 6. The monoisotopic (exact) mass is 464 g/mol. The Hall–Kier alpha value is -2.30. The molecule has 1 saturated heterocycles. The van der Waals surface area contributed by atoms with E-state index in [0.29, 0.717) is 24.4 Å². The molecule has 2 aromatic rings. The fraction of sp³-hybridized carbons (Fsp3) is 0.476. The summed E-state index contributed by atoms with van der Waals surface area (Å²) < 4.78 is 27.0. The summed E-state index contributed by atoms with van der Waals surface area (Å²) in [5.74, 6) is -0.618. The number of aromatic nitrogens is 1. The Morgan fingerprint density at radius 1 is 1.19 bits per heavy atom.